The van der Waals surface area contributed by atoms with Gasteiger partial charge in [0, 0.05) is 12.1 Å². The van der Waals surface area contributed by atoms with Crippen LogP contribution < -0.4 is 10.4 Å². The van der Waals surface area contributed by atoms with E-state index in [1.165, 1.54) is 18.2 Å². The molecule has 0 fully saturated rings. The smallest absolute Gasteiger partial charge is 0.332 e. The first-order chi connectivity index (χ1) is 10.4. The van der Waals surface area contributed by atoms with Gasteiger partial charge in [-0.05, 0) is 13.0 Å². The summed E-state index contributed by atoms with van der Waals surface area (Å²) in [6.45, 7) is 1.11. The summed E-state index contributed by atoms with van der Waals surface area (Å²) in [4.78, 5) is 26.0. The number of fused-ring (bicyclic) bond motifs is 1. The molecule has 1 heterocycles. The third kappa shape index (κ3) is 3.01. The number of benzene rings is 1. The minimum absolute atomic E-state index is 0.0569. The highest BCUT2D eigenvalue weighted by molar-refractivity contribution is 5.81. The number of aliphatic hydroxyl groups excluding tert-OH is 1. The standard InChI is InChI=1S/C12H13N3O7/c1-2-21-12(18)11-13-8-4-3-7(15(19)20)5-9(8)14(11)22-6-10(16)17/h3-5,13,18H,2,6H2,1H3,(H,16,17). The van der Waals surface area contributed by atoms with Crippen LogP contribution in [0.2, 0.25) is 0 Å². The van der Waals surface area contributed by atoms with Gasteiger partial charge in [-0.3, -0.25) is 15.0 Å². The lowest BCUT2D eigenvalue weighted by atomic mass is 10.2. The van der Waals surface area contributed by atoms with Gasteiger partial charge in [0.2, 0.25) is 5.82 Å². The second kappa shape index (κ2) is 6.18. The normalized spacial score (nSPS) is 15.0. The van der Waals surface area contributed by atoms with Gasteiger partial charge in [0.15, 0.2) is 6.61 Å². The van der Waals surface area contributed by atoms with Crippen molar-refractivity contribution in [3.8, 4) is 0 Å². The van der Waals surface area contributed by atoms with Crippen LogP contribution in [0.3, 0.4) is 0 Å². The van der Waals surface area contributed by atoms with Crippen molar-refractivity contribution in [3.05, 3.63) is 40.1 Å². The Labute approximate surface area is 124 Å². The summed E-state index contributed by atoms with van der Waals surface area (Å²) < 4.78 is 4.94. The van der Waals surface area contributed by atoms with Crippen LogP contribution in [0.5, 0.6) is 0 Å². The molecule has 0 atom stereocenters. The molecule has 1 aliphatic heterocycles. The predicted molar refractivity (Wildman–Crippen MR) is 74.1 cm³/mol. The molecule has 0 radical (unpaired) electrons. The molecule has 1 aliphatic rings. The highest BCUT2D eigenvalue weighted by atomic mass is 16.7. The zero-order valence-corrected chi connectivity index (χ0v) is 11.5. The van der Waals surface area contributed by atoms with Crippen molar-refractivity contribution in [2.45, 2.75) is 6.92 Å². The second-order valence-electron chi connectivity index (χ2n) is 4.13. The highest BCUT2D eigenvalue weighted by Crippen LogP contribution is 2.39. The van der Waals surface area contributed by atoms with Crippen LogP contribution in [-0.4, -0.2) is 34.3 Å². The van der Waals surface area contributed by atoms with Gasteiger partial charge >= 0.3 is 11.9 Å². The predicted octanol–water partition coefficient (Wildman–Crippen LogP) is 1.56. The molecular weight excluding hydrogens is 298 g/mol. The van der Waals surface area contributed by atoms with Gasteiger partial charge in [-0.15, -0.1) is 0 Å². The first-order valence-corrected chi connectivity index (χ1v) is 6.20. The van der Waals surface area contributed by atoms with Crippen LogP contribution in [-0.2, 0) is 14.4 Å². The third-order valence-electron chi connectivity index (χ3n) is 2.67. The molecule has 1 aromatic rings. The number of hydroxylamine groups is 1. The van der Waals surface area contributed by atoms with E-state index in [2.05, 4.69) is 5.32 Å². The number of rotatable bonds is 6. The molecule has 10 heteroatoms. The van der Waals surface area contributed by atoms with Crippen LogP contribution in [0.1, 0.15) is 6.92 Å². The minimum atomic E-state index is -1.24. The first-order valence-electron chi connectivity index (χ1n) is 6.20. The Hall–Kier alpha value is -3.01. The lowest BCUT2D eigenvalue weighted by molar-refractivity contribution is -0.384. The Balaban J connectivity index is 2.42. The first kappa shape index (κ1) is 15.4. The van der Waals surface area contributed by atoms with Crippen molar-refractivity contribution in [2.75, 3.05) is 23.6 Å². The van der Waals surface area contributed by atoms with Gasteiger partial charge in [-0.1, -0.05) is 0 Å². The van der Waals surface area contributed by atoms with E-state index in [1.54, 1.807) is 6.92 Å². The number of non-ortho nitro benzene ring substituents is 1. The SMILES string of the molecule is CCOC(O)=C1Nc2ccc([N+](=O)[O-])cc2N1OCC(=O)O. The monoisotopic (exact) mass is 311 g/mol. The fraction of sp³-hybridized carbons (Fsp3) is 0.250. The maximum Gasteiger partial charge on any atom is 0.332 e. The fourth-order valence-electron chi connectivity index (χ4n) is 1.81. The number of hydrogen-bond donors (Lipinski definition) is 3. The van der Waals surface area contributed by atoms with Crippen molar-refractivity contribution in [3.63, 3.8) is 0 Å². The quantitative estimate of drug-likeness (QED) is 0.406. The van der Waals surface area contributed by atoms with Crippen molar-refractivity contribution in [2.24, 2.45) is 0 Å². The summed E-state index contributed by atoms with van der Waals surface area (Å²) in [5.74, 6) is -1.82. The molecule has 22 heavy (non-hydrogen) atoms. The number of nitrogens with zero attached hydrogens (tertiary/aromatic N) is 2. The van der Waals surface area contributed by atoms with Crippen molar-refractivity contribution < 1.29 is 29.5 Å². The third-order valence-corrected chi connectivity index (χ3v) is 2.67. The number of carboxylic acid groups (broad SMARTS) is 1. The molecule has 0 saturated carbocycles. The molecule has 3 N–H and O–H groups in total. The number of nitro benzene ring substituents is 1. The van der Waals surface area contributed by atoms with Gasteiger partial charge in [-0.2, -0.15) is 5.06 Å². The molecule has 0 unspecified atom stereocenters. The minimum Gasteiger partial charge on any atom is -0.479 e. The number of ether oxygens (including phenoxy) is 1. The van der Waals surface area contributed by atoms with Crippen LogP contribution in [0.4, 0.5) is 17.1 Å². The number of carbonyl (C=O) groups is 1. The summed E-state index contributed by atoms with van der Waals surface area (Å²) in [5, 5.41) is 33.1. The van der Waals surface area contributed by atoms with Crippen LogP contribution in [0, 0.1) is 10.1 Å². The molecule has 0 bridgehead atoms. The summed E-state index contributed by atoms with van der Waals surface area (Å²) in [6, 6.07) is 3.87. The Morgan fingerprint density at radius 3 is 2.77 bits per heavy atom. The van der Waals surface area contributed by atoms with E-state index in [4.69, 9.17) is 14.7 Å². The van der Waals surface area contributed by atoms with Crippen LogP contribution in [0.25, 0.3) is 0 Å². The van der Waals surface area contributed by atoms with E-state index in [1.807, 2.05) is 0 Å². The molecular formula is C12H13N3O7. The second-order valence-corrected chi connectivity index (χ2v) is 4.13. The van der Waals surface area contributed by atoms with E-state index in [-0.39, 0.29) is 23.8 Å². The van der Waals surface area contributed by atoms with E-state index in [9.17, 15) is 20.0 Å². The molecule has 2 rings (SSSR count). The summed E-state index contributed by atoms with van der Waals surface area (Å²) in [7, 11) is 0. The summed E-state index contributed by atoms with van der Waals surface area (Å²) in [5.41, 5.74) is 0.385. The zero-order chi connectivity index (χ0) is 16.3. The molecule has 1 aromatic carbocycles. The Morgan fingerprint density at radius 2 is 2.18 bits per heavy atom. The molecule has 10 nitrogen and oxygen atoms in total. The average Bonchev–Trinajstić information content (AvgIpc) is 2.83. The van der Waals surface area contributed by atoms with Gasteiger partial charge < -0.3 is 20.3 Å². The highest BCUT2D eigenvalue weighted by Gasteiger charge is 2.31. The van der Waals surface area contributed by atoms with Gasteiger partial charge in [0.1, 0.15) is 5.69 Å². The molecule has 0 spiro atoms. The van der Waals surface area contributed by atoms with E-state index in [0.717, 1.165) is 5.06 Å². The number of aliphatic carboxylic acids is 1. The van der Waals surface area contributed by atoms with E-state index in [0.29, 0.717) is 5.69 Å². The summed E-state index contributed by atoms with van der Waals surface area (Å²) >= 11 is 0. The number of nitrogens with one attached hydrogen (secondary N) is 1. The fourth-order valence-corrected chi connectivity index (χ4v) is 1.81. The Morgan fingerprint density at radius 1 is 1.45 bits per heavy atom. The topological polar surface area (TPSA) is 134 Å². The Kier molecular flexibility index (Phi) is 4.32. The molecule has 118 valence electrons. The number of aliphatic hydroxyl groups is 1. The average molecular weight is 311 g/mol. The largest absolute Gasteiger partial charge is 0.479 e. The lowest BCUT2D eigenvalue weighted by Crippen LogP contribution is -2.26. The lowest BCUT2D eigenvalue weighted by Gasteiger charge is -2.18. The van der Waals surface area contributed by atoms with Gasteiger partial charge in [0.25, 0.3) is 5.69 Å². The van der Waals surface area contributed by atoms with Gasteiger partial charge in [-0.25, -0.2) is 4.79 Å². The van der Waals surface area contributed by atoms with E-state index >= 15 is 0 Å². The maximum atomic E-state index is 10.8. The van der Waals surface area contributed by atoms with Crippen molar-refractivity contribution >= 4 is 23.0 Å². The Bertz CT molecular complexity index is 644. The zero-order valence-electron chi connectivity index (χ0n) is 11.5. The van der Waals surface area contributed by atoms with Gasteiger partial charge in [0.05, 0.1) is 17.2 Å². The summed E-state index contributed by atoms with van der Waals surface area (Å²) in [6.07, 6.45) is 0. The number of anilines is 2. The molecule has 0 amide bonds. The number of nitro groups is 1. The maximum absolute atomic E-state index is 10.8. The molecule has 0 saturated heterocycles. The number of carboxylic acids is 1. The van der Waals surface area contributed by atoms with Crippen molar-refractivity contribution in [1.82, 2.24) is 0 Å². The number of hydrogen-bond acceptors (Lipinski definition) is 8. The van der Waals surface area contributed by atoms with Crippen LogP contribution in [0.15, 0.2) is 30.0 Å². The molecule has 0 aromatic heterocycles. The van der Waals surface area contributed by atoms with Crippen molar-refractivity contribution in [1.29, 1.82) is 0 Å². The van der Waals surface area contributed by atoms with E-state index < -0.39 is 23.4 Å². The molecule has 0 aliphatic carbocycles. The van der Waals surface area contributed by atoms with Crippen LogP contribution >= 0.6 is 0 Å².